The number of methoxy groups -OCH3 is 2. The van der Waals surface area contributed by atoms with E-state index in [1.807, 2.05) is 39.0 Å². The first kappa shape index (κ1) is 22.0. The van der Waals surface area contributed by atoms with E-state index in [9.17, 15) is 4.79 Å². The molecule has 0 atom stereocenters. The van der Waals surface area contributed by atoms with E-state index in [0.717, 1.165) is 16.8 Å². The maximum atomic E-state index is 13.0. The van der Waals surface area contributed by atoms with Gasteiger partial charge in [-0.3, -0.25) is 9.89 Å². The number of ether oxygens (including phenoxy) is 4. The van der Waals surface area contributed by atoms with Crippen LogP contribution in [0.3, 0.4) is 0 Å². The number of carbonyl (C=O) groups is 1. The normalized spacial score (nSPS) is 10.5. The predicted molar refractivity (Wildman–Crippen MR) is 119 cm³/mol. The number of carbonyl (C=O) groups excluding carboxylic acids is 1. The van der Waals surface area contributed by atoms with E-state index in [1.165, 1.54) is 7.11 Å². The van der Waals surface area contributed by atoms with Gasteiger partial charge in [0.2, 0.25) is 0 Å². The molecule has 0 aliphatic carbocycles. The number of H-pyrrole nitrogens is 1. The van der Waals surface area contributed by atoms with Crippen LogP contribution in [0.15, 0.2) is 36.4 Å². The molecule has 0 saturated heterocycles. The summed E-state index contributed by atoms with van der Waals surface area (Å²) in [5.41, 5.74) is 2.79. The summed E-state index contributed by atoms with van der Waals surface area (Å²) >= 11 is 0. The summed E-state index contributed by atoms with van der Waals surface area (Å²) < 4.78 is 21.9. The van der Waals surface area contributed by atoms with Crippen molar-refractivity contribution in [2.75, 3.05) is 32.8 Å². The SMILES string of the molecule is CCOc1ccc(-c2c(NC(=O)c3ccc(OC)cc3OC)n[nH]c2C)cc1OCC. The lowest BCUT2D eigenvalue weighted by atomic mass is 10.0. The Bertz CT molecular complexity index is 1060. The standard InChI is InChI=1S/C23H27N3O5/c1-6-30-18-11-8-15(12-20(18)31-7-2)21-14(3)25-26-22(21)24-23(27)17-10-9-16(28-4)13-19(17)29-5/h8-13H,6-7H2,1-5H3,(H2,24,25,26,27). The molecule has 2 N–H and O–H groups in total. The van der Waals surface area contributed by atoms with Gasteiger partial charge in [0.15, 0.2) is 17.3 Å². The molecule has 8 heteroatoms. The third-order valence-corrected chi connectivity index (χ3v) is 4.66. The van der Waals surface area contributed by atoms with Crippen LogP contribution in [0.2, 0.25) is 0 Å². The van der Waals surface area contributed by atoms with Gasteiger partial charge in [-0.2, -0.15) is 5.10 Å². The molecule has 0 radical (unpaired) electrons. The fourth-order valence-electron chi connectivity index (χ4n) is 3.24. The van der Waals surface area contributed by atoms with E-state index >= 15 is 0 Å². The van der Waals surface area contributed by atoms with Gasteiger partial charge in [0, 0.05) is 17.3 Å². The number of nitrogens with zero attached hydrogens (tertiary/aromatic N) is 1. The molecule has 0 unspecified atom stereocenters. The zero-order valence-electron chi connectivity index (χ0n) is 18.4. The van der Waals surface area contributed by atoms with Crippen molar-refractivity contribution in [3.05, 3.63) is 47.7 Å². The summed E-state index contributed by atoms with van der Waals surface area (Å²) in [6, 6.07) is 10.7. The van der Waals surface area contributed by atoms with Crippen molar-refractivity contribution < 1.29 is 23.7 Å². The highest BCUT2D eigenvalue weighted by atomic mass is 16.5. The predicted octanol–water partition coefficient (Wildman–Crippen LogP) is 4.45. The number of aromatic amines is 1. The van der Waals surface area contributed by atoms with Crippen molar-refractivity contribution >= 4 is 11.7 Å². The fourth-order valence-corrected chi connectivity index (χ4v) is 3.24. The summed E-state index contributed by atoms with van der Waals surface area (Å²) in [5.74, 6) is 2.38. The topological polar surface area (TPSA) is 94.7 Å². The Hall–Kier alpha value is -3.68. The van der Waals surface area contributed by atoms with Crippen molar-refractivity contribution in [1.29, 1.82) is 0 Å². The Labute approximate surface area is 181 Å². The summed E-state index contributed by atoms with van der Waals surface area (Å²) in [5, 5.41) is 10.1. The molecule has 8 nitrogen and oxygen atoms in total. The number of rotatable bonds is 9. The number of benzene rings is 2. The Morgan fingerprint density at radius 3 is 2.39 bits per heavy atom. The van der Waals surface area contributed by atoms with E-state index in [4.69, 9.17) is 18.9 Å². The lowest BCUT2D eigenvalue weighted by Crippen LogP contribution is -2.14. The molecule has 1 aromatic heterocycles. The maximum Gasteiger partial charge on any atom is 0.260 e. The molecule has 0 spiro atoms. The molecule has 3 rings (SSSR count). The van der Waals surface area contributed by atoms with E-state index in [0.29, 0.717) is 47.6 Å². The number of anilines is 1. The maximum absolute atomic E-state index is 13.0. The van der Waals surface area contributed by atoms with E-state index < -0.39 is 0 Å². The van der Waals surface area contributed by atoms with Gasteiger partial charge in [-0.25, -0.2) is 0 Å². The van der Waals surface area contributed by atoms with Crippen LogP contribution >= 0.6 is 0 Å². The van der Waals surface area contributed by atoms with Gasteiger partial charge in [-0.15, -0.1) is 0 Å². The van der Waals surface area contributed by atoms with Crippen LogP contribution < -0.4 is 24.3 Å². The quantitative estimate of drug-likeness (QED) is 0.526. The second-order valence-electron chi connectivity index (χ2n) is 6.62. The Morgan fingerprint density at radius 1 is 0.968 bits per heavy atom. The molecule has 0 fully saturated rings. The Morgan fingerprint density at radius 2 is 1.71 bits per heavy atom. The van der Waals surface area contributed by atoms with Gasteiger partial charge in [-0.1, -0.05) is 6.07 Å². The number of aromatic nitrogens is 2. The van der Waals surface area contributed by atoms with Gasteiger partial charge in [0.1, 0.15) is 11.5 Å². The van der Waals surface area contributed by atoms with Gasteiger partial charge >= 0.3 is 0 Å². The molecule has 2 aromatic carbocycles. The highest BCUT2D eigenvalue weighted by Gasteiger charge is 2.20. The molecule has 0 bridgehead atoms. The largest absolute Gasteiger partial charge is 0.497 e. The molecule has 0 aliphatic heterocycles. The number of amides is 1. The number of nitrogens with one attached hydrogen (secondary N) is 2. The van der Waals surface area contributed by atoms with Crippen molar-refractivity contribution in [2.24, 2.45) is 0 Å². The van der Waals surface area contributed by atoms with Crippen molar-refractivity contribution in [3.8, 4) is 34.1 Å². The number of hydrogen-bond acceptors (Lipinski definition) is 6. The summed E-state index contributed by atoms with van der Waals surface area (Å²) in [4.78, 5) is 13.0. The van der Waals surface area contributed by atoms with Crippen LogP contribution in [0.1, 0.15) is 29.9 Å². The fraction of sp³-hybridized carbons (Fsp3) is 0.304. The molecular formula is C23H27N3O5. The van der Waals surface area contributed by atoms with Crippen LogP contribution in [0.25, 0.3) is 11.1 Å². The Balaban J connectivity index is 1.95. The number of aryl methyl sites for hydroxylation is 1. The van der Waals surface area contributed by atoms with Crippen LogP contribution in [-0.4, -0.2) is 43.5 Å². The molecule has 164 valence electrons. The van der Waals surface area contributed by atoms with Crippen molar-refractivity contribution in [3.63, 3.8) is 0 Å². The molecule has 0 saturated carbocycles. The summed E-state index contributed by atoms with van der Waals surface area (Å²) in [7, 11) is 3.06. The van der Waals surface area contributed by atoms with Gasteiger partial charge in [0.05, 0.1) is 33.0 Å². The highest BCUT2D eigenvalue weighted by molar-refractivity contribution is 6.07. The smallest absolute Gasteiger partial charge is 0.260 e. The number of hydrogen-bond donors (Lipinski definition) is 2. The first-order valence-corrected chi connectivity index (χ1v) is 10.0. The minimum Gasteiger partial charge on any atom is -0.497 e. The first-order chi connectivity index (χ1) is 15.0. The Kier molecular flexibility index (Phi) is 7.02. The minimum absolute atomic E-state index is 0.344. The van der Waals surface area contributed by atoms with Crippen LogP contribution in [0.5, 0.6) is 23.0 Å². The average Bonchev–Trinajstić information content (AvgIpc) is 3.14. The monoisotopic (exact) mass is 425 g/mol. The van der Waals surface area contributed by atoms with E-state index in [2.05, 4.69) is 15.5 Å². The molecule has 3 aromatic rings. The summed E-state index contributed by atoms with van der Waals surface area (Å²) in [6.45, 7) is 6.77. The second kappa shape index (κ2) is 9.88. The molecule has 1 heterocycles. The van der Waals surface area contributed by atoms with Gasteiger partial charge in [-0.05, 0) is 50.6 Å². The minimum atomic E-state index is -0.344. The van der Waals surface area contributed by atoms with Crippen LogP contribution in [-0.2, 0) is 0 Å². The molecule has 31 heavy (non-hydrogen) atoms. The average molecular weight is 425 g/mol. The van der Waals surface area contributed by atoms with Gasteiger partial charge in [0.25, 0.3) is 5.91 Å². The zero-order valence-corrected chi connectivity index (χ0v) is 18.4. The van der Waals surface area contributed by atoms with Crippen LogP contribution in [0.4, 0.5) is 5.82 Å². The third-order valence-electron chi connectivity index (χ3n) is 4.66. The second-order valence-corrected chi connectivity index (χ2v) is 6.62. The zero-order chi connectivity index (χ0) is 22.4. The van der Waals surface area contributed by atoms with Crippen molar-refractivity contribution in [2.45, 2.75) is 20.8 Å². The van der Waals surface area contributed by atoms with Gasteiger partial charge < -0.3 is 24.3 Å². The lowest BCUT2D eigenvalue weighted by molar-refractivity contribution is 0.102. The first-order valence-electron chi connectivity index (χ1n) is 10.0. The van der Waals surface area contributed by atoms with Crippen molar-refractivity contribution in [1.82, 2.24) is 10.2 Å². The third kappa shape index (κ3) is 4.74. The molecular weight excluding hydrogens is 398 g/mol. The summed E-state index contributed by atoms with van der Waals surface area (Å²) in [6.07, 6.45) is 0. The van der Waals surface area contributed by atoms with Crippen LogP contribution in [0, 0.1) is 6.92 Å². The highest BCUT2D eigenvalue weighted by Crippen LogP contribution is 2.37. The molecule has 1 amide bonds. The molecule has 0 aliphatic rings. The van der Waals surface area contributed by atoms with E-state index in [1.54, 1.807) is 25.3 Å². The lowest BCUT2D eigenvalue weighted by Gasteiger charge is -2.14. The van der Waals surface area contributed by atoms with E-state index in [-0.39, 0.29) is 5.91 Å².